The molecule has 1 saturated carbocycles. The summed E-state index contributed by atoms with van der Waals surface area (Å²) in [7, 11) is 0. The molecule has 4 rings (SSSR count). The van der Waals surface area contributed by atoms with Crippen molar-refractivity contribution < 1.29 is 0 Å². The number of fused-ring (bicyclic) bond motifs is 1. The van der Waals surface area contributed by atoms with E-state index in [0.717, 1.165) is 22.1 Å². The zero-order valence-corrected chi connectivity index (χ0v) is 10.5. The fraction of sp³-hybridized carbons (Fsp3) is 0.200. The third-order valence-electron chi connectivity index (χ3n) is 3.68. The van der Waals surface area contributed by atoms with Gasteiger partial charge in [0.05, 0.1) is 11.4 Å². The Hall–Kier alpha value is -2.36. The minimum Gasteiger partial charge on any atom is -0.398 e. The number of anilines is 1. The molecule has 0 amide bonds. The average molecular weight is 250 g/mol. The molecule has 4 nitrogen and oxygen atoms in total. The molecule has 2 heterocycles. The van der Waals surface area contributed by atoms with Crippen LogP contribution in [0.4, 0.5) is 5.69 Å². The van der Waals surface area contributed by atoms with Crippen LogP contribution in [0.2, 0.25) is 0 Å². The van der Waals surface area contributed by atoms with E-state index in [1.54, 1.807) is 6.20 Å². The van der Waals surface area contributed by atoms with Gasteiger partial charge in [0.1, 0.15) is 0 Å². The van der Waals surface area contributed by atoms with Crippen LogP contribution in [0.25, 0.3) is 16.5 Å². The molecule has 0 saturated heterocycles. The van der Waals surface area contributed by atoms with Gasteiger partial charge in [0.2, 0.25) is 0 Å². The Kier molecular flexibility index (Phi) is 2.12. The van der Waals surface area contributed by atoms with E-state index < -0.39 is 0 Å². The Labute approximate surface area is 110 Å². The van der Waals surface area contributed by atoms with Crippen LogP contribution in [0.3, 0.4) is 0 Å². The SMILES string of the molecule is Nc1ccc(-n2ccc(C3CC3)n2)c2cnccc12. The number of nitrogen functional groups attached to an aromatic ring is 1. The van der Waals surface area contributed by atoms with Crippen molar-refractivity contribution in [2.24, 2.45) is 0 Å². The molecule has 4 heteroatoms. The smallest absolute Gasteiger partial charge is 0.0741 e. The van der Waals surface area contributed by atoms with Crippen LogP contribution in [0.5, 0.6) is 0 Å². The zero-order chi connectivity index (χ0) is 12.8. The fourth-order valence-electron chi connectivity index (χ4n) is 2.47. The number of aromatic nitrogens is 3. The molecule has 2 aromatic heterocycles. The first kappa shape index (κ1) is 10.6. The van der Waals surface area contributed by atoms with Crippen LogP contribution in [0.1, 0.15) is 24.5 Å². The molecule has 1 aliphatic carbocycles. The third-order valence-corrected chi connectivity index (χ3v) is 3.68. The van der Waals surface area contributed by atoms with Gasteiger partial charge in [-0.25, -0.2) is 4.68 Å². The molecule has 0 aliphatic heterocycles. The molecule has 1 aromatic carbocycles. The first-order chi connectivity index (χ1) is 9.33. The van der Waals surface area contributed by atoms with Gasteiger partial charge in [-0.2, -0.15) is 5.10 Å². The van der Waals surface area contributed by atoms with E-state index in [4.69, 9.17) is 5.73 Å². The highest BCUT2D eigenvalue weighted by Crippen LogP contribution is 2.39. The summed E-state index contributed by atoms with van der Waals surface area (Å²) in [4.78, 5) is 4.20. The quantitative estimate of drug-likeness (QED) is 0.711. The molecule has 94 valence electrons. The Balaban J connectivity index is 1.91. The lowest BCUT2D eigenvalue weighted by molar-refractivity contribution is 0.842. The maximum Gasteiger partial charge on any atom is 0.0741 e. The number of benzene rings is 1. The fourth-order valence-corrected chi connectivity index (χ4v) is 2.47. The van der Waals surface area contributed by atoms with Crippen LogP contribution >= 0.6 is 0 Å². The largest absolute Gasteiger partial charge is 0.398 e. The van der Waals surface area contributed by atoms with Gasteiger partial charge in [0.25, 0.3) is 0 Å². The van der Waals surface area contributed by atoms with Gasteiger partial charge in [-0.05, 0) is 37.1 Å². The van der Waals surface area contributed by atoms with E-state index in [-0.39, 0.29) is 0 Å². The standard InChI is InChI=1S/C15H14N4/c16-13-3-4-15(12-9-17-7-5-11(12)13)19-8-6-14(18-19)10-1-2-10/h3-10H,1-2,16H2. The number of pyridine rings is 1. The van der Waals surface area contributed by atoms with Crippen molar-refractivity contribution >= 4 is 16.5 Å². The minimum absolute atomic E-state index is 0.666. The maximum atomic E-state index is 6.01. The Bertz CT molecular complexity index is 756. The minimum atomic E-state index is 0.666. The topological polar surface area (TPSA) is 56.7 Å². The molecule has 19 heavy (non-hydrogen) atoms. The van der Waals surface area contributed by atoms with Crippen LogP contribution in [0.15, 0.2) is 42.9 Å². The summed E-state index contributed by atoms with van der Waals surface area (Å²) in [5, 5.41) is 6.73. The van der Waals surface area contributed by atoms with Gasteiger partial charge in [0.15, 0.2) is 0 Å². The summed E-state index contributed by atoms with van der Waals surface area (Å²) in [6.07, 6.45) is 8.16. The lowest BCUT2D eigenvalue weighted by Crippen LogP contribution is -1.99. The normalized spacial score (nSPS) is 14.9. The Morgan fingerprint density at radius 3 is 2.84 bits per heavy atom. The average Bonchev–Trinajstić information content (AvgIpc) is 3.18. The van der Waals surface area contributed by atoms with Crippen molar-refractivity contribution in [2.75, 3.05) is 5.73 Å². The monoisotopic (exact) mass is 250 g/mol. The van der Waals surface area contributed by atoms with Gasteiger partial charge >= 0.3 is 0 Å². The highest BCUT2D eigenvalue weighted by atomic mass is 15.3. The number of hydrogen-bond donors (Lipinski definition) is 1. The number of nitrogens with two attached hydrogens (primary N) is 1. The van der Waals surface area contributed by atoms with E-state index in [0.29, 0.717) is 5.92 Å². The van der Waals surface area contributed by atoms with Gasteiger partial charge in [-0.1, -0.05) is 0 Å². The zero-order valence-electron chi connectivity index (χ0n) is 10.5. The summed E-state index contributed by atoms with van der Waals surface area (Å²) in [6, 6.07) is 7.98. The van der Waals surface area contributed by atoms with E-state index >= 15 is 0 Å². The van der Waals surface area contributed by atoms with Crippen molar-refractivity contribution in [1.82, 2.24) is 14.8 Å². The Morgan fingerprint density at radius 1 is 1.11 bits per heavy atom. The second kappa shape index (κ2) is 3.82. The lowest BCUT2D eigenvalue weighted by atomic mass is 10.1. The third kappa shape index (κ3) is 1.68. The van der Waals surface area contributed by atoms with Crippen molar-refractivity contribution in [3.05, 3.63) is 48.5 Å². The lowest BCUT2D eigenvalue weighted by Gasteiger charge is -2.08. The van der Waals surface area contributed by atoms with Crippen molar-refractivity contribution in [1.29, 1.82) is 0 Å². The van der Waals surface area contributed by atoms with Crippen LogP contribution in [-0.2, 0) is 0 Å². The van der Waals surface area contributed by atoms with E-state index in [9.17, 15) is 0 Å². The molecular formula is C15H14N4. The molecule has 0 bridgehead atoms. The van der Waals surface area contributed by atoms with E-state index in [2.05, 4.69) is 16.1 Å². The summed E-state index contributed by atoms with van der Waals surface area (Å²) in [5.41, 5.74) is 9.00. The Morgan fingerprint density at radius 2 is 2.00 bits per heavy atom. The molecule has 3 aromatic rings. The van der Waals surface area contributed by atoms with E-state index in [1.807, 2.05) is 35.3 Å². The molecule has 2 N–H and O–H groups in total. The molecule has 1 aliphatic rings. The molecule has 0 unspecified atom stereocenters. The first-order valence-electron chi connectivity index (χ1n) is 6.51. The summed E-state index contributed by atoms with van der Waals surface area (Å²) in [6.45, 7) is 0. The predicted octanol–water partition coefficient (Wildman–Crippen LogP) is 2.88. The molecule has 0 atom stereocenters. The second-order valence-electron chi connectivity index (χ2n) is 5.05. The highest BCUT2D eigenvalue weighted by Gasteiger charge is 2.26. The van der Waals surface area contributed by atoms with Gasteiger partial charge < -0.3 is 5.73 Å². The summed E-state index contributed by atoms with van der Waals surface area (Å²) < 4.78 is 1.93. The summed E-state index contributed by atoms with van der Waals surface area (Å²) in [5.74, 6) is 0.666. The maximum absolute atomic E-state index is 6.01. The second-order valence-corrected chi connectivity index (χ2v) is 5.05. The van der Waals surface area contributed by atoms with Gasteiger partial charge in [-0.15, -0.1) is 0 Å². The number of hydrogen-bond acceptors (Lipinski definition) is 3. The van der Waals surface area contributed by atoms with Gasteiger partial charge in [0, 0.05) is 41.0 Å². The van der Waals surface area contributed by atoms with E-state index in [1.165, 1.54) is 18.5 Å². The summed E-state index contributed by atoms with van der Waals surface area (Å²) >= 11 is 0. The molecule has 1 fully saturated rings. The van der Waals surface area contributed by atoms with Crippen LogP contribution < -0.4 is 5.73 Å². The van der Waals surface area contributed by atoms with Crippen molar-refractivity contribution in [3.8, 4) is 5.69 Å². The van der Waals surface area contributed by atoms with Crippen LogP contribution in [-0.4, -0.2) is 14.8 Å². The number of nitrogens with zero attached hydrogens (tertiary/aromatic N) is 3. The van der Waals surface area contributed by atoms with Crippen molar-refractivity contribution in [3.63, 3.8) is 0 Å². The number of rotatable bonds is 2. The highest BCUT2D eigenvalue weighted by molar-refractivity contribution is 5.97. The first-order valence-corrected chi connectivity index (χ1v) is 6.51. The van der Waals surface area contributed by atoms with Gasteiger partial charge in [-0.3, -0.25) is 4.98 Å². The predicted molar refractivity (Wildman–Crippen MR) is 75.3 cm³/mol. The van der Waals surface area contributed by atoms with Crippen LogP contribution in [0, 0.1) is 0 Å². The molecular weight excluding hydrogens is 236 g/mol. The molecule has 0 radical (unpaired) electrons. The van der Waals surface area contributed by atoms with Crippen molar-refractivity contribution in [2.45, 2.75) is 18.8 Å². The molecule has 0 spiro atoms.